The minimum Gasteiger partial charge on any atom is -0.371 e. The van der Waals surface area contributed by atoms with Gasteiger partial charge in [0.05, 0.1) is 16.7 Å². The molecule has 1 aromatic heterocycles. The van der Waals surface area contributed by atoms with Crippen molar-refractivity contribution >= 4 is 23.3 Å². The molecule has 2 fully saturated rings. The molecule has 10 nitrogen and oxygen atoms in total. The van der Waals surface area contributed by atoms with Gasteiger partial charge in [0, 0.05) is 57.1 Å². The molecule has 2 aromatic rings. The zero-order valence-electron chi connectivity index (χ0n) is 19.4. The molecule has 3 heterocycles. The van der Waals surface area contributed by atoms with Crippen LogP contribution in [0.1, 0.15) is 48.3 Å². The predicted molar refractivity (Wildman–Crippen MR) is 128 cm³/mol. The Morgan fingerprint density at radius 2 is 1.65 bits per heavy atom. The van der Waals surface area contributed by atoms with E-state index >= 15 is 0 Å². The number of benzene rings is 1. The second kappa shape index (κ2) is 10.5. The zero-order valence-corrected chi connectivity index (χ0v) is 19.4. The molecule has 0 radical (unpaired) electrons. The van der Waals surface area contributed by atoms with E-state index in [9.17, 15) is 19.7 Å². The molecule has 4 rings (SSSR count). The van der Waals surface area contributed by atoms with Crippen LogP contribution in [0, 0.1) is 10.1 Å². The van der Waals surface area contributed by atoms with Gasteiger partial charge in [-0.25, -0.2) is 4.79 Å². The first kappa shape index (κ1) is 23.5. The number of carbonyl (C=O) groups is 2. The van der Waals surface area contributed by atoms with Gasteiger partial charge >= 0.3 is 6.03 Å². The second-order valence-electron chi connectivity index (χ2n) is 8.72. The number of nitrogens with one attached hydrogen (secondary N) is 1. The largest absolute Gasteiger partial charge is 0.371 e. The van der Waals surface area contributed by atoms with E-state index in [2.05, 4.69) is 10.3 Å². The maximum Gasteiger partial charge on any atom is 0.320 e. The van der Waals surface area contributed by atoms with E-state index in [1.165, 1.54) is 6.07 Å². The molecule has 0 saturated carbocycles. The summed E-state index contributed by atoms with van der Waals surface area (Å²) in [4.78, 5) is 46.6. The first-order chi connectivity index (χ1) is 16.4. The molecule has 1 aromatic carbocycles. The number of hydrogen-bond donors (Lipinski definition) is 1. The number of piperidine rings is 1. The Labute approximate surface area is 198 Å². The quantitative estimate of drug-likeness (QED) is 0.533. The Balaban J connectivity index is 1.41. The van der Waals surface area contributed by atoms with Crippen LogP contribution in [0.3, 0.4) is 0 Å². The Morgan fingerprint density at radius 3 is 2.29 bits per heavy atom. The lowest BCUT2D eigenvalue weighted by Crippen LogP contribution is -2.54. The maximum atomic E-state index is 13.1. The van der Waals surface area contributed by atoms with Crippen molar-refractivity contribution in [3.63, 3.8) is 0 Å². The van der Waals surface area contributed by atoms with E-state index in [1.54, 1.807) is 28.1 Å². The molecule has 1 atom stereocenters. The number of carbonyl (C=O) groups excluding carboxylic acids is 2. The molecule has 1 N–H and O–H groups in total. The molecule has 0 bridgehead atoms. The number of aromatic nitrogens is 1. The average Bonchev–Trinajstić information content (AvgIpc) is 2.89. The number of amides is 3. The average molecular weight is 467 g/mol. The van der Waals surface area contributed by atoms with Gasteiger partial charge in [0.25, 0.3) is 11.6 Å². The highest BCUT2D eigenvalue weighted by Gasteiger charge is 2.29. The van der Waals surface area contributed by atoms with Crippen molar-refractivity contribution in [2.75, 3.05) is 44.6 Å². The molecule has 2 aliphatic rings. The molecule has 180 valence electrons. The molecule has 0 spiro atoms. The zero-order chi connectivity index (χ0) is 24.1. The summed E-state index contributed by atoms with van der Waals surface area (Å²) in [7, 11) is 0. The first-order valence-electron chi connectivity index (χ1n) is 11.7. The van der Waals surface area contributed by atoms with Crippen LogP contribution in [0.2, 0.25) is 0 Å². The van der Waals surface area contributed by atoms with Crippen molar-refractivity contribution in [1.82, 2.24) is 19.7 Å². The summed E-state index contributed by atoms with van der Waals surface area (Å²) < 4.78 is 0. The third-order valence-corrected chi connectivity index (χ3v) is 6.41. The van der Waals surface area contributed by atoms with Crippen LogP contribution < -0.4 is 5.32 Å². The van der Waals surface area contributed by atoms with Crippen molar-refractivity contribution in [3.8, 4) is 0 Å². The lowest BCUT2D eigenvalue weighted by Gasteiger charge is -2.38. The fourth-order valence-electron chi connectivity index (χ4n) is 4.45. The summed E-state index contributed by atoms with van der Waals surface area (Å²) in [5, 5.41) is 14.9. The summed E-state index contributed by atoms with van der Waals surface area (Å²) in [6.45, 7) is 5.19. The molecular formula is C24H30N6O4. The first-order valence-corrected chi connectivity index (χ1v) is 11.7. The maximum absolute atomic E-state index is 13.1. The molecule has 1 unspecified atom stereocenters. The van der Waals surface area contributed by atoms with Crippen LogP contribution in [0.25, 0.3) is 0 Å². The minimum absolute atomic E-state index is 0.0416. The van der Waals surface area contributed by atoms with E-state index in [4.69, 9.17) is 0 Å². The Kier molecular flexibility index (Phi) is 7.24. The van der Waals surface area contributed by atoms with Gasteiger partial charge in [-0.3, -0.25) is 19.9 Å². The number of likely N-dealkylation sites (tertiary alicyclic amines) is 1. The third-order valence-electron chi connectivity index (χ3n) is 6.41. The molecular weight excluding hydrogens is 436 g/mol. The third kappa shape index (κ3) is 5.27. The van der Waals surface area contributed by atoms with Gasteiger partial charge in [-0.05, 0) is 50.5 Å². The van der Waals surface area contributed by atoms with Crippen molar-refractivity contribution in [2.45, 2.75) is 32.2 Å². The van der Waals surface area contributed by atoms with Gasteiger partial charge in [-0.2, -0.15) is 0 Å². The number of piperazine rings is 1. The topological polar surface area (TPSA) is 112 Å². The van der Waals surface area contributed by atoms with Gasteiger partial charge in [0.2, 0.25) is 0 Å². The summed E-state index contributed by atoms with van der Waals surface area (Å²) in [5.41, 5.74) is 1.19. The normalized spacial score (nSPS) is 17.3. The highest BCUT2D eigenvalue weighted by atomic mass is 16.6. The van der Waals surface area contributed by atoms with E-state index in [-0.39, 0.29) is 29.2 Å². The van der Waals surface area contributed by atoms with Crippen LogP contribution >= 0.6 is 0 Å². The number of anilines is 1. The van der Waals surface area contributed by atoms with Gasteiger partial charge in [0.15, 0.2) is 0 Å². The number of nitro groups is 1. The number of nitrogens with zero attached hydrogens (tertiary/aromatic N) is 5. The van der Waals surface area contributed by atoms with E-state index in [0.717, 1.165) is 38.0 Å². The number of nitro benzene ring substituents is 1. The van der Waals surface area contributed by atoms with Gasteiger partial charge in [-0.15, -0.1) is 0 Å². The summed E-state index contributed by atoms with van der Waals surface area (Å²) in [5.74, 6) is -0.266. The van der Waals surface area contributed by atoms with E-state index in [0.29, 0.717) is 31.9 Å². The molecule has 2 aliphatic heterocycles. The fraction of sp³-hybridized carbons (Fsp3) is 0.458. The minimum atomic E-state index is -0.487. The molecule has 3 amide bonds. The SMILES string of the molecule is CC(Nc1ccc(C(=O)N2CCN(C(=O)N3CCCCC3)CC2)cc1[N+](=O)[O-])c1ccccn1. The van der Waals surface area contributed by atoms with Crippen molar-refractivity contribution < 1.29 is 14.5 Å². The number of urea groups is 1. The van der Waals surface area contributed by atoms with Crippen LogP contribution in [0.15, 0.2) is 42.6 Å². The fourth-order valence-corrected chi connectivity index (χ4v) is 4.45. The smallest absolute Gasteiger partial charge is 0.320 e. The highest BCUT2D eigenvalue weighted by Crippen LogP contribution is 2.29. The summed E-state index contributed by atoms with van der Waals surface area (Å²) in [6, 6.07) is 9.80. The van der Waals surface area contributed by atoms with E-state index in [1.807, 2.05) is 30.0 Å². The van der Waals surface area contributed by atoms with Gasteiger partial charge in [0.1, 0.15) is 5.69 Å². The van der Waals surface area contributed by atoms with Gasteiger partial charge in [-0.1, -0.05) is 6.07 Å². The highest BCUT2D eigenvalue weighted by molar-refractivity contribution is 5.96. The van der Waals surface area contributed by atoms with Crippen LogP contribution in [0.4, 0.5) is 16.2 Å². The number of hydrogen-bond acceptors (Lipinski definition) is 6. The summed E-state index contributed by atoms with van der Waals surface area (Å²) >= 11 is 0. The van der Waals surface area contributed by atoms with Crippen molar-refractivity contribution in [2.24, 2.45) is 0 Å². The standard InChI is InChI=1S/C24H30N6O4/c1-18(20-7-3-4-10-25-20)26-21-9-8-19(17-22(21)30(33)34)23(31)27-13-15-29(16-14-27)24(32)28-11-5-2-6-12-28/h3-4,7-10,17-18,26H,2,5-6,11-16H2,1H3. The second-order valence-corrected chi connectivity index (χ2v) is 8.72. The number of pyridine rings is 1. The predicted octanol–water partition coefficient (Wildman–Crippen LogP) is 3.53. The van der Waals surface area contributed by atoms with Crippen LogP contribution in [-0.4, -0.2) is 75.8 Å². The Hall–Kier alpha value is -3.69. The van der Waals surface area contributed by atoms with Crippen molar-refractivity contribution in [3.05, 3.63) is 64.0 Å². The molecule has 0 aliphatic carbocycles. The van der Waals surface area contributed by atoms with Gasteiger partial charge < -0.3 is 20.0 Å². The molecule has 34 heavy (non-hydrogen) atoms. The molecule has 2 saturated heterocycles. The van der Waals surface area contributed by atoms with Crippen LogP contribution in [0.5, 0.6) is 0 Å². The number of rotatable bonds is 5. The van der Waals surface area contributed by atoms with Crippen molar-refractivity contribution in [1.29, 1.82) is 0 Å². The monoisotopic (exact) mass is 466 g/mol. The lowest BCUT2D eigenvalue weighted by molar-refractivity contribution is -0.384. The van der Waals surface area contributed by atoms with Crippen LogP contribution in [-0.2, 0) is 0 Å². The summed E-state index contributed by atoms with van der Waals surface area (Å²) in [6.07, 6.45) is 4.90. The Bertz CT molecular complexity index is 1030. The Morgan fingerprint density at radius 1 is 0.971 bits per heavy atom. The lowest BCUT2D eigenvalue weighted by atomic mass is 10.1. The molecule has 10 heteroatoms. The van der Waals surface area contributed by atoms with E-state index < -0.39 is 4.92 Å².